The molecule has 5 heteroatoms. The van der Waals surface area contributed by atoms with E-state index >= 15 is 0 Å². The second-order valence-electron chi connectivity index (χ2n) is 7.10. The summed E-state index contributed by atoms with van der Waals surface area (Å²) in [5.41, 5.74) is -0.0148. The van der Waals surface area contributed by atoms with E-state index in [0.29, 0.717) is 18.5 Å². The van der Waals surface area contributed by atoms with Crippen LogP contribution in [0.4, 0.5) is 0 Å². The van der Waals surface area contributed by atoms with Crippen LogP contribution in [-0.4, -0.2) is 23.5 Å². The molecule has 0 bridgehead atoms. The molecule has 0 amide bonds. The molecule has 2 N–H and O–H groups in total. The first-order valence-electron chi connectivity index (χ1n) is 8.44. The van der Waals surface area contributed by atoms with Crippen LogP contribution in [0.1, 0.15) is 65.5 Å². The number of nitrogens with zero attached hydrogens (tertiary/aromatic N) is 2. The zero-order chi connectivity index (χ0) is 16.2. The van der Waals surface area contributed by atoms with Crippen molar-refractivity contribution < 1.29 is 4.42 Å². The Morgan fingerprint density at radius 2 is 2.18 bits per heavy atom. The Balaban J connectivity index is 1.91. The Morgan fingerprint density at radius 1 is 1.41 bits per heavy atom. The van der Waals surface area contributed by atoms with Crippen LogP contribution in [0, 0.1) is 5.92 Å². The molecular weight excluding hydrogens is 276 g/mol. The van der Waals surface area contributed by atoms with Crippen molar-refractivity contribution in [1.29, 1.82) is 0 Å². The molecule has 0 radical (unpaired) electrons. The highest BCUT2D eigenvalue weighted by Gasteiger charge is 2.36. The third-order valence-corrected chi connectivity index (χ3v) is 3.91. The number of hydrogen-bond acceptors (Lipinski definition) is 3. The van der Waals surface area contributed by atoms with Crippen LogP contribution in [0.2, 0.25) is 0 Å². The maximum atomic E-state index is 5.78. The molecule has 22 heavy (non-hydrogen) atoms. The molecule has 0 aliphatic heterocycles. The first-order valence-corrected chi connectivity index (χ1v) is 8.44. The summed E-state index contributed by atoms with van der Waals surface area (Å²) >= 11 is 0. The molecule has 1 fully saturated rings. The van der Waals surface area contributed by atoms with Crippen LogP contribution < -0.4 is 10.6 Å². The Hall–Kier alpha value is -1.52. The highest BCUT2D eigenvalue weighted by Crippen LogP contribution is 2.34. The van der Waals surface area contributed by atoms with E-state index in [2.05, 4.69) is 55.2 Å². The maximum Gasteiger partial charge on any atom is 0.216 e. The molecule has 2 unspecified atom stereocenters. The van der Waals surface area contributed by atoms with E-state index in [1.165, 1.54) is 19.3 Å². The molecule has 1 aromatic heterocycles. The quantitative estimate of drug-likeness (QED) is 0.626. The van der Waals surface area contributed by atoms with Gasteiger partial charge in [0.05, 0.1) is 6.20 Å². The van der Waals surface area contributed by atoms with E-state index in [-0.39, 0.29) is 5.41 Å². The summed E-state index contributed by atoms with van der Waals surface area (Å²) in [6, 6.07) is 0.576. The molecule has 1 heterocycles. The Morgan fingerprint density at radius 3 is 2.77 bits per heavy atom. The zero-order valence-corrected chi connectivity index (χ0v) is 14.6. The Labute approximate surface area is 134 Å². The second-order valence-corrected chi connectivity index (χ2v) is 7.10. The fourth-order valence-corrected chi connectivity index (χ4v) is 2.49. The van der Waals surface area contributed by atoms with Crippen LogP contribution in [0.15, 0.2) is 15.6 Å². The van der Waals surface area contributed by atoms with Crippen LogP contribution in [0.3, 0.4) is 0 Å². The lowest BCUT2D eigenvalue weighted by Crippen LogP contribution is -2.39. The van der Waals surface area contributed by atoms with Crippen LogP contribution in [0.5, 0.6) is 0 Å². The van der Waals surface area contributed by atoms with Crippen molar-refractivity contribution in [2.45, 2.75) is 71.9 Å². The van der Waals surface area contributed by atoms with Gasteiger partial charge in [-0.05, 0) is 25.7 Å². The van der Waals surface area contributed by atoms with Crippen LogP contribution in [-0.2, 0) is 12.0 Å². The van der Waals surface area contributed by atoms with E-state index in [1.54, 1.807) is 0 Å². The van der Waals surface area contributed by atoms with Gasteiger partial charge in [-0.25, -0.2) is 9.98 Å². The van der Waals surface area contributed by atoms with Gasteiger partial charge in [-0.15, -0.1) is 0 Å². The van der Waals surface area contributed by atoms with Crippen molar-refractivity contribution in [3.8, 4) is 0 Å². The first kappa shape index (κ1) is 16.8. The molecule has 2 atom stereocenters. The molecule has 0 saturated heterocycles. The minimum atomic E-state index is -0.0148. The fraction of sp³-hybridized carbons (Fsp3) is 0.765. The minimum absolute atomic E-state index is 0.0148. The zero-order valence-electron chi connectivity index (χ0n) is 14.6. The average Bonchev–Trinajstić information content (AvgIpc) is 2.99. The summed E-state index contributed by atoms with van der Waals surface area (Å²) in [6.45, 7) is 12.0. The molecule has 0 aromatic carbocycles. The normalized spacial score (nSPS) is 21.8. The van der Waals surface area contributed by atoms with Gasteiger partial charge in [-0.2, -0.15) is 0 Å². The fourth-order valence-electron chi connectivity index (χ4n) is 2.49. The van der Waals surface area contributed by atoms with Gasteiger partial charge in [0.1, 0.15) is 12.3 Å². The number of oxazole rings is 1. The number of hydrogen-bond donors (Lipinski definition) is 2. The lowest BCUT2D eigenvalue weighted by molar-refractivity contribution is 0.383. The third-order valence-electron chi connectivity index (χ3n) is 3.91. The van der Waals surface area contributed by atoms with E-state index in [0.717, 1.165) is 24.2 Å². The van der Waals surface area contributed by atoms with E-state index in [9.17, 15) is 0 Å². The summed E-state index contributed by atoms with van der Waals surface area (Å²) < 4.78 is 5.78. The van der Waals surface area contributed by atoms with Crippen molar-refractivity contribution in [2.75, 3.05) is 6.54 Å². The molecule has 1 aromatic rings. The van der Waals surface area contributed by atoms with Crippen molar-refractivity contribution in [1.82, 2.24) is 15.6 Å². The SMILES string of the molecule is CCCC1CC1NC(=NCc1ncc(C(C)(C)C)o1)NCC. The van der Waals surface area contributed by atoms with Gasteiger partial charge in [0, 0.05) is 18.0 Å². The minimum Gasteiger partial charge on any atom is -0.443 e. The second kappa shape index (κ2) is 7.16. The Bertz CT molecular complexity index is 501. The largest absolute Gasteiger partial charge is 0.443 e. The van der Waals surface area contributed by atoms with Crippen LogP contribution >= 0.6 is 0 Å². The number of guanidine groups is 1. The molecule has 5 nitrogen and oxygen atoms in total. The van der Waals surface area contributed by atoms with Gasteiger partial charge in [-0.3, -0.25) is 0 Å². The third kappa shape index (κ3) is 4.75. The van der Waals surface area contributed by atoms with Gasteiger partial charge < -0.3 is 15.1 Å². The predicted octanol–water partition coefficient (Wildman–Crippen LogP) is 3.22. The highest BCUT2D eigenvalue weighted by atomic mass is 16.4. The Kier molecular flexibility index (Phi) is 5.48. The molecule has 1 aliphatic carbocycles. The van der Waals surface area contributed by atoms with Gasteiger partial charge >= 0.3 is 0 Å². The predicted molar refractivity (Wildman–Crippen MR) is 90.0 cm³/mol. The lowest BCUT2D eigenvalue weighted by atomic mass is 9.94. The van der Waals surface area contributed by atoms with Crippen molar-refractivity contribution >= 4 is 5.96 Å². The molecule has 1 aliphatic rings. The monoisotopic (exact) mass is 306 g/mol. The lowest BCUT2D eigenvalue weighted by Gasteiger charge is -2.13. The van der Waals surface area contributed by atoms with E-state index in [4.69, 9.17) is 4.42 Å². The molecule has 1 saturated carbocycles. The molecular formula is C17H30N4O. The number of nitrogens with one attached hydrogen (secondary N) is 2. The van der Waals surface area contributed by atoms with E-state index in [1.807, 2.05) is 6.20 Å². The summed E-state index contributed by atoms with van der Waals surface area (Å²) in [5, 5.41) is 6.80. The number of rotatable bonds is 6. The molecule has 124 valence electrons. The summed E-state index contributed by atoms with van der Waals surface area (Å²) in [4.78, 5) is 8.92. The van der Waals surface area contributed by atoms with Gasteiger partial charge in [0.2, 0.25) is 5.89 Å². The first-order chi connectivity index (χ1) is 10.4. The maximum absolute atomic E-state index is 5.78. The molecule has 0 spiro atoms. The summed E-state index contributed by atoms with van der Waals surface area (Å²) in [6.07, 6.45) is 5.61. The van der Waals surface area contributed by atoms with Gasteiger partial charge in [0.15, 0.2) is 5.96 Å². The van der Waals surface area contributed by atoms with Crippen molar-refractivity contribution in [3.05, 3.63) is 17.8 Å². The number of aromatic nitrogens is 1. The summed E-state index contributed by atoms with van der Waals surface area (Å²) in [7, 11) is 0. The average molecular weight is 306 g/mol. The van der Waals surface area contributed by atoms with Crippen LogP contribution in [0.25, 0.3) is 0 Å². The molecule has 2 rings (SSSR count). The van der Waals surface area contributed by atoms with Crippen molar-refractivity contribution in [2.24, 2.45) is 10.9 Å². The van der Waals surface area contributed by atoms with E-state index < -0.39 is 0 Å². The van der Waals surface area contributed by atoms with Crippen molar-refractivity contribution in [3.63, 3.8) is 0 Å². The highest BCUT2D eigenvalue weighted by molar-refractivity contribution is 5.80. The standard InChI is InChI=1S/C17H30N4O/c1-6-8-12-9-13(12)21-16(18-7-2)20-11-15-19-10-14(22-15)17(3,4)5/h10,12-13H,6-9,11H2,1-5H3,(H2,18,20,21). The summed E-state index contributed by atoms with van der Waals surface area (Å²) in [5.74, 6) is 3.24. The topological polar surface area (TPSA) is 62.5 Å². The van der Waals surface area contributed by atoms with Gasteiger partial charge in [-0.1, -0.05) is 34.1 Å². The number of aliphatic imine (C=N–C) groups is 1. The van der Waals surface area contributed by atoms with Gasteiger partial charge in [0.25, 0.3) is 0 Å². The smallest absolute Gasteiger partial charge is 0.216 e.